The van der Waals surface area contributed by atoms with Gasteiger partial charge in [-0.15, -0.1) is 0 Å². The molecule has 3 N–H and O–H groups in total. The maximum absolute atomic E-state index is 9.72. The minimum absolute atomic E-state index is 0.0821. The summed E-state index contributed by atoms with van der Waals surface area (Å²) in [5.74, 6) is 0.861. The van der Waals surface area contributed by atoms with E-state index >= 15 is 0 Å². The Hall–Kier alpha value is -4.12. The van der Waals surface area contributed by atoms with Gasteiger partial charge in [-0.3, -0.25) is 0 Å². The van der Waals surface area contributed by atoms with E-state index in [-0.39, 0.29) is 22.3 Å². The number of aromatic hydroxyl groups is 3. The van der Waals surface area contributed by atoms with Crippen LogP contribution in [0.1, 0.15) is 64.1 Å². The molecule has 0 bridgehead atoms. The molecule has 2 heterocycles. The molecule has 0 spiro atoms. The lowest BCUT2D eigenvalue weighted by atomic mass is 9.80. The molecule has 0 aliphatic heterocycles. The zero-order valence-electron chi connectivity index (χ0n) is 24.2. The number of aromatic nitrogens is 2. The van der Waals surface area contributed by atoms with Gasteiger partial charge in [0.15, 0.2) is 0 Å². The van der Waals surface area contributed by atoms with E-state index in [0.29, 0.717) is 16.8 Å². The van der Waals surface area contributed by atoms with Crippen LogP contribution in [0.4, 0.5) is 0 Å². The molecule has 0 aliphatic rings. The summed E-state index contributed by atoms with van der Waals surface area (Å²) in [7, 11) is 0. The van der Waals surface area contributed by atoms with Crippen LogP contribution >= 0.6 is 0 Å². The molecule has 0 atom stereocenters. The standard InChI is InChI=1S/C14H22O.2C10H9NO/c1-13(2,3)10-7-11(14(4,5)6)9-12(15)8-10;2*1-7-5-6-8-3-2-4-9(12)10(8)11-7/h7-9,15H,1-6H3;2*2-6,12H,1H3. The maximum Gasteiger partial charge on any atom is 0.141 e. The third-order valence-corrected chi connectivity index (χ3v) is 6.33. The van der Waals surface area contributed by atoms with Crippen molar-refractivity contribution < 1.29 is 15.3 Å². The molecular weight excluding hydrogens is 484 g/mol. The molecule has 204 valence electrons. The quantitative estimate of drug-likeness (QED) is 0.189. The Morgan fingerprint density at radius 2 is 0.897 bits per heavy atom. The highest BCUT2D eigenvalue weighted by molar-refractivity contribution is 5.84. The zero-order chi connectivity index (χ0) is 29.0. The second-order valence-corrected chi connectivity index (χ2v) is 11.9. The lowest BCUT2D eigenvalue weighted by Crippen LogP contribution is -2.15. The third-order valence-electron chi connectivity index (χ3n) is 6.33. The van der Waals surface area contributed by atoms with Gasteiger partial charge >= 0.3 is 0 Å². The van der Waals surface area contributed by atoms with Crippen molar-refractivity contribution in [3.63, 3.8) is 0 Å². The van der Waals surface area contributed by atoms with E-state index in [1.54, 1.807) is 12.1 Å². The number of hydrogen-bond donors (Lipinski definition) is 3. The third kappa shape index (κ3) is 7.93. The molecule has 5 nitrogen and oxygen atoms in total. The Morgan fingerprint density at radius 1 is 0.513 bits per heavy atom. The summed E-state index contributed by atoms with van der Waals surface area (Å²) in [4.78, 5) is 8.45. The molecule has 0 saturated heterocycles. The molecule has 0 saturated carbocycles. The SMILES string of the molecule is CC(C)(C)c1cc(O)cc(C(C)(C)C)c1.Cc1ccc2cccc(O)c2n1.Cc1ccc2cccc(O)c2n1. The first-order valence-electron chi connectivity index (χ1n) is 13.1. The second kappa shape index (κ2) is 11.7. The molecule has 5 aromatic rings. The van der Waals surface area contributed by atoms with E-state index in [2.05, 4.69) is 57.6 Å². The molecule has 2 aromatic heterocycles. The summed E-state index contributed by atoms with van der Waals surface area (Å²) in [6.45, 7) is 16.8. The Labute approximate surface area is 231 Å². The topological polar surface area (TPSA) is 86.5 Å². The smallest absolute Gasteiger partial charge is 0.141 e. The number of aryl methyl sites for hydroxylation is 2. The summed E-state index contributed by atoms with van der Waals surface area (Å²) < 4.78 is 0. The number of hydrogen-bond acceptors (Lipinski definition) is 5. The van der Waals surface area contributed by atoms with Gasteiger partial charge < -0.3 is 15.3 Å². The summed E-state index contributed by atoms with van der Waals surface area (Å²) >= 11 is 0. The van der Waals surface area contributed by atoms with Gasteiger partial charge in [-0.1, -0.05) is 84.0 Å². The Kier molecular flexibility index (Phi) is 8.85. The van der Waals surface area contributed by atoms with Crippen molar-refractivity contribution in [2.24, 2.45) is 0 Å². The van der Waals surface area contributed by atoms with E-state index in [4.69, 9.17) is 0 Å². The molecule has 5 rings (SSSR count). The molecule has 39 heavy (non-hydrogen) atoms. The fraction of sp³-hybridized carbons (Fsp3) is 0.294. The van der Waals surface area contributed by atoms with Crippen molar-refractivity contribution in [3.05, 3.63) is 101 Å². The van der Waals surface area contributed by atoms with Crippen molar-refractivity contribution in [1.82, 2.24) is 9.97 Å². The first kappa shape index (κ1) is 29.4. The number of nitrogens with zero attached hydrogens (tertiary/aromatic N) is 2. The van der Waals surface area contributed by atoms with Crippen LogP contribution in [0.2, 0.25) is 0 Å². The van der Waals surface area contributed by atoms with Crippen LogP contribution in [0.5, 0.6) is 17.2 Å². The number of benzene rings is 3. The van der Waals surface area contributed by atoms with Crippen LogP contribution in [0.25, 0.3) is 21.8 Å². The molecular formula is C34H40N2O3. The average molecular weight is 525 g/mol. The maximum atomic E-state index is 9.72. The van der Waals surface area contributed by atoms with Gasteiger partial charge in [0, 0.05) is 22.2 Å². The minimum Gasteiger partial charge on any atom is -0.508 e. The van der Waals surface area contributed by atoms with Gasteiger partial charge in [0.2, 0.25) is 0 Å². The largest absolute Gasteiger partial charge is 0.508 e. The summed E-state index contributed by atoms with van der Waals surface area (Å²) in [6, 6.07) is 24.5. The number of fused-ring (bicyclic) bond motifs is 2. The molecule has 0 amide bonds. The fourth-order valence-electron chi connectivity index (χ4n) is 3.94. The molecule has 3 aromatic carbocycles. The number of rotatable bonds is 0. The minimum atomic E-state index is 0.0821. The van der Waals surface area contributed by atoms with Crippen LogP contribution in [-0.2, 0) is 10.8 Å². The van der Waals surface area contributed by atoms with Crippen molar-refractivity contribution in [3.8, 4) is 17.2 Å². The first-order chi connectivity index (χ1) is 18.1. The van der Waals surface area contributed by atoms with Crippen molar-refractivity contribution in [2.45, 2.75) is 66.2 Å². The number of phenols is 3. The highest BCUT2D eigenvalue weighted by atomic mass is 16.3. The molecule has 0 radical (unpaired) electrons. The molecule has 0 aliphatic carbocycles. The lowest BCUT2D eigenvalue weighted by molar-refractivity contribution is 0.465. The van der Waals surface area contributed by atoms with E-state index < -0.39 is 0 Å². The van der Waals surface area contributed by atoms with E-state index in [1.807, 2.05) is 74.5 Å². The zero-order valence-corrected chi connectivity index (χ0v) is 24.2. The molecule has 5 heteroatoms. The number of phenolic OH excluding ortho intramolecular Hbond substituents is 3. The highest BCUT2D eigenvalue weighted by Gasteiger charge is 2.20. The van der Waals surface area contributed by atoms with Crippen LogP contribution in [0.3, 0.4) is 0 Å². The van der Waals surface area contributed by atoms with Gasteiger partial charge in [0.05, 0.1) is 0 Å². The van der Waals surface area contributed by atoms with E-state index in [9.17, 15) is 15.3 Å². The molecule has 0 fully saturated rings. The first-order valence-corrected chi connectivity index (χ1v) is 13.1. The van der Waals surface area contributed by atoms with Crippen molar-refractivity contribution >= 4 is 21.8 Å². The summed E-state index contributed by atoms with van der Waals surface area (Å²) in [5, 5.41) is 30.5. The van der Waals surface area contributed by atoms with Crippen LogP contribution in [-0.4, -0.2) is 25.3 Å². The Morgan fingerprint density at radius 3 is 1.26 bits per heavy atom. The van der Waals surface area contributed by atoms with Crippen LogP contribution in [0, 0.1) is 13.8 Å². The van der Waals surface area contributed by atoms with E-state index in [1.165, 1.54) is 11.1 Å². The van der Waals surface area contributed by atoms with E-state index in [0.717, 1.165) is 22.2 Å². The highest BCUT2D eigenvalue weighted by Crippen LogP contribution is 2.32. The lowest BCUT2D eigenvalue weighted by Gasteiger charge is -2.25. The Bertz CT molecular complexity index is 1460. The van der Waals surface area contributed by atoms with Crippen molar-refractivity contribution in [1.29, 1.82) is 0 Å². The Balaban J connectivity index is 0.000000163. The van der Waals surface area contributed by atoms with Gasteiger partial charge in [0.1, 0.15) is 28.3 Å². The van der Waals surface area contributed by atoms with Gasteiger partial charge in [-0.05, 0) is 72.2 Å². The summed E-state index contributed by atoms with van der Waals surface area (Å²) in [5.41, 5.74) is 5.74. The van der Waals surface area contributed by atoms with Gasteiger partial charge in [-0.25, -0.2) is 9.97 Å². The van der Waals surface area contributed by atoms with Crippen LogP contribution < -0.4 is 0 Å². The normalized spacial score (nSPS) is 11.4. The second-order valence-electron chi connectivity index (χ2n) is 11.9. The van der Waals surface area contributed by atoms with Crippen LogP contribution in [0.15, 0.2) is 78.9 Å². The fourth-order valence-corrected chi connectivity index (χ4v) is 3.94. The average Bonchev–Trinajstić information content (AvgIpc) is 2.85. The number of pyridine rings is 2. The predicted molar refractivity (Wildman–Crippen MR) is 162 cm³/mol. The van der Waals surface area contributed by atoms with Gasteiger partial charge in [-0.2, -0.15) is 0 Å². The molecule has 0 unspecified atom stereocenters. The monoisotopic (exact) mass is 524 g/mol. The van der Waals surface area contributed by atoms with Crippen molar-refractivity contribution in [2.75, 3.05) is 0 Å². The van der Waals surface area contributed by atoms with Gasteiger partial charge in [0.25, 0.3) is 0 Å². The summed E-state index contributed by atoms with van der Waals surface area (Å²) in [6.07, 6.45) is 0. The number of para-hydroxylation sites is 2. The predicted octanol–water partition coefficient (Wildman–Crippen LogP) is 8.48.